The van der Waals surface area contributed by atoms with E-state index < -0.39 is 5.97 Å². The van der Waals surface area contributed by atoms with Crippen LogP contribution in [0.15, 0.2) is 23.8 Å². The zero-order valence-electron chi connectivity index (χ0n) is 11.0. The molecule has 0 heterocycles. The average molecular weight is 248 g/mol. The second kappa shape index (κ2) is 4.38. The van der Waals surface area contributed by atoms with E-state index in [-0.39, 0.29) is 22.7 Å². The summed E-state index contributed by atoms with van der Waals surface area (Å²) >= 11 is 0. The zero-order valence-corrected chi connectivity index (χ0v) is 11.0. The standard InChI is InChI=1S/C15H20O3/c1-9-5-4-6-12-13(16)7-11(8-15(9,12)3)10(2)14(17)18/h6,9,11H,2,4-5,7-8H2,1,3H3,(H,17,18)/t9?,11-,15?/m1/s1. The summed E-state index contributed by atoms with van der Waals surface area (Å²) in [4.78, 5) is 23.2. The highest BCUT2D eigenvalue weighted by Crippen LogP contribution is 2.51. The number of ketones is 1. The summed E-state index contributed by atoms with van der Waals surface area (Å²) in [6.07, 6.45) is 5.13. The molecule has 2 unspecified atom stereocenters. The Morgan fingerprint density at radius 3 is 2.83 bits per heavy atom. The Labute approximate surface area is 108 Å². The fourth-order valence-corrected chi connectivity index (χ4v) is 3.38. The minimum Gasteiger partial charge on any atom is -0.478 e. The van der Waals surface area contributed by atoms with Crippen molar-refractivity contribution in [2.24, 2.45) is 17.3 Å². The third kappa shape index (κ3) is 1.92. The maximum absolute atomic E-state index is 12.2. The van der Waals surface area contributed by atoms with Gasteiger partial charge in [-0.3, -0.25) is 4.79 Å². The van der Waals surface area contributed by atoms with Crippen molar-refractivity contribution in [3.8, 4) is 0 Å². The van der Waals surface area contributed by atoms with Crippen LogP contribution >= 0.6 is 0 Å². The highest BCUT2D eigenvalue weighted by molar-refractivity contribution is 5.99. The molecule has 0 radical (unpaired) electrons. The predicted molar refractivity (Wildman–Crippen MR) is 69.1 cm³/mol. The van der Waals surface area contributed by atoms with Crippen molar-refractivity contribution < 1.29 is 14.7 Å². The second-order valence-corrected chi connectivity index (χ2v) is 5.87. The largest absolute Gasteiger partial charge is 0.478 e. The van der Waals surface area contributed by atoms with Crippen LogP contribution in [0.2, 0.25) is 0 Å². The van der Waals surface area contributed by atoms with E-state index in [2.05, 4.69) is 26.5 Å². The fraction of sp³-hybridized carbons (Fsp3) is 0.600. The van der Waals surface area contributed by atoms with Crippen LogP contribution < -0.4 is 0 Å². The minimum absolute atomic E-state index is 0.114. The minimum atomic E-state index is -0.979. The van der Waals surface area contributed by atoms with Gasteiger partial charge in [0.25, 0.3) is 0 Å². The molecule has 0 aromatic carbocycles. The summed E-state index contributed by atoms with van der Waals surface area (Å²) in [5.74, 6) is -0.654. The number of carboxylic acids is 1. The van der Waals surface area contributed by atoms with E-state index in [1.807, 2.05) is 0 Å². The number of aliphatic carboxylic acids is 1. The van der Waals surface area contributed by atoms with Crippen molar-refractivity contribution in [2.45, 2.75) is 39.5 Å². The molecule has 98 valence electrons. The van der Waals surface area contributed by atoms with Crippen LogP contribution in [0.3, 0.4) is 0 Å². The number of hydrogen-bond donors (Lipinski definition) is 1. The molecule has 0 spiro atoms. The lowest BCUT2D eigenvalue weighted by Crippen LogP contribution is -2.41. The molecule has 0 aromatic rings. The molecule has 0 amide bonds. The Morgan fingerprint density at radius 2 is 2.22 bits per heavy atom. The second-order valence-electron chi connectivity index (χ2n) is 5.87. The lowest BCUT2D eigenvalue weighted by Gasteiger charge is -2.46. The van der Waals surface area contributed by atoms with Crippen molar-refractivity contribution in [2.75, 3.05) is 0 Å². The number of fused-ring (bicyclic) bond motifs is 1. The third-order valence-corrected chi connectivity index (χ3v) is 4.82. The molecule has 0 aliphatic heterocycles. The molecule has 2 aliphatic rings. The predicted octanol–water partition coefficient (Wildman–Crippen LogP) is 2.97. The lowest BCUT2D eigenvalue weighted by atomic mass is 9.57. The molecular weight excluding hydrogens is 228 g/mol. The third-order valence-electron chi connectivity index (χ3n) is 4.82. The lowest BCUT2D eigenvalue weighted by molar-refractivity contribution is -0.133. The average Bonchev–Trinajstić information content (AvgIpc) is 2.30. The number of allylic oxidation sites excluding steroid dienone is 2. The van der Waals surface area contributed by atoms with Gasteiger partial charge in [-0.1, -0.05) is 26.5 Å². The summed E-state index contributed by atoms with van der Waals surface area (Å²) in [6, 6.07) is 0. The zero-order chi connectivity index (χ0) is 13.5. The van der Waals surface area contributed by atoms with Gasteiger partial charge in [-0.15, -0.1) is 0 Å². The molecule has 1 N–H and O–H groups in total. The van der Waals surface area contributed by atoms with Crippen molar-refractivity contribution >= 4 is 11.8 Å². The molecule has 0 aromatic heterocycles. The Morgan fingerprint density at radius 1 is 1.56 bits per heavy atom. The van der Waals surface area contributed by atoms with Crippen molar-refractivity contribution in [1.29, 1.82) is 0 Å². The number of carbonyl (C=O) groups excluding carboxylic acids is 1. The topological polar surface area (TPSA) is 54.4 Å². The first-order chi connectivity index (χ1) is 8.36. The van der Waals surface area contributed by atoms with Crippen LogP contribution in [0.1, 0.15) is 39.5 Å². The number of carboxylic acid groups (broad SMARTS) is 1. The molecule has 3 heteroatoms. The molecule has 3 atom stereocenters. The number of rotatable bonds is 2. The van der Waals surface area contributed by atoms with Gasteiger partial charge in [0.15, 0.2) is 5.78 Å². The van der Waals surface area contributed by atoms with Crippen LogP contribution in [0, 0.1) is 17.3 Å². The Balaban J connectivity index is 2.33. The first-order valence-corrected chi connectivity index (χ1v) is 6.52. The van der Waals surface area contributed by atoms with Gasteiger partial charge in [-0.2, -0.15) is 0 Å². The van der Waals surface area contributed by atoms with E-state index in [1.54, 1.807) is 0 Å². The fourth-order valence-electron chi connectivity index (χ4n) is 3.38. The van der Waals surface area contributed by atoms with Gasteiger partial charge in [-0.25, -0.2) is 4.79 Å². The molecule has 0 bridgehead atoms. The van der Waals surface area contributed by atoms with E-state index in [0.29, 0.717) is 12.3 Å². The van der Waals surface area contributed by atoms with Gasteiger partial charge >= 0.3 is 5.97 Å². The van der Waals surface area contributed by atoms with Gasteiger partial charge in [-0.05, 0) is 42.1 Å². The van der Waals surface area contributed by atoms with Crippen LogP contribution in [0.25, 0.3) is 0 Å². The van der Waals surface area contributed by atoms with Crippen molar-refractivity contribution in [3.05, 3.63) is 23.8 Å². The monoisotopic (exact) mass is 248 g/mol. The number of carbonyl (C=O) groups is 2. The van der Waals surface area contributed by atoms with E-state index in [9.17, 15) is 9.59 Å². The summed E-state index contributed by atoms with van der Waals surface area (Å²) in [5.41, 5.74) is 0.938. The number of Topliss-reactive ketones (excluding diaryl/α,β-unsaturated/α-hetero) is 1. The van der Waals surface area contributed by atoms with Crippen molar-refractivity contribution in [1.82, 2.24) is 0 Å². The van der Waals surface area contributed by atoms with Gasteiger partial charge in [0.1, 0.15) is 0 Å². The first kappa shape index (κ1) is 13.1. The maximum Gasteiger partial charge on any atom is 0.331 e. The van der Waals surface area contributed by atoms with E-state index in [1.165, 1.54) is 0 Å². The normalized spacial score (nSPS) is 35.7. The number of hydrogen-bond acceptors (Lipinski definition) is 2. The first-order valence-electron chi connectivity index (χ1n) is 6.52. The van der Waals surface area contributed by atoms with Crippen LogP contribution in [-0.4, -0.2) is 16.9 Å². The van der Waals surface area contributed by atoms with Crippen LogP contribution in [0.4, 0.5) is 0 Å². The van der Waals surface area contributed by atoms with E-state index >= 15 is 0 Å². The van der Waals surface area contributed by atoms with Crippen LogP contribution in [0.5, 0.6) is 0 Å². The van der Waals surface area contributed by atoms with E-state index in [4.69, 9.17) is 5.11 Å². The molecule has 0 saturated heterocycles. The van der Waals surface area contributed by atoms with Gasteiger partial charge in [0.2, 0.25) is 0 Å². The highest BCUT2D eigenvalue weighted by atomic mass is 16.4. The molecule has 1 fully saturated rings. The molecular formula is C15H20O3. The molecule has 2 rings (SSSR count). The van der Waals surface area contributed by atoms with Crippen LogP contribution in [-0.2, 0) is 9.59 Å². The Hall–Kier alpha value is -1.38. The molecule has 1 saturated carbocycles. The van der Waals surface area contributed by atoms with Gasteiger partial charge in [0.05, 0.1) is 0 Å². The maximum atomic E-state index is 12.2. The highest BCUT2D eigenvalue weighted by Gasteiger charge is 2.46. The SMILES string of the molecule is C=C(C(=O)O)[C@@H]1CC(=O)C2=CCCC(C)C2(C)C1. The summed E-state index contributed by atoms with van der Waals surface area (Å²) in [7, 11) is 0. The quantitative estimate of drug-likeness (QED) is 0.764. The molecule has 3 nitrogen and oxygen atoms in total. The smallest absolute Gasteiger partial charge is 0.331 e. The van der Waals surface area contributed by atoms with E-state index in [0.717, 1.165) is 24.8 Å². The summed E-state index contributed by atoms with van der Waals surface area (Å²) < 4.78 is 0. The summed E-state index contributed by atoms with van der Waals surface area (Å²) in [5, 5.41) is 9.04. The summed E-state index contributed by atoms with van der Waals surface area (Å²) in [6.45, 7) is 7.89. The Kier molecular flexibility index (Phi) is 3.18. The van der Waals surface area contributed by atoms with Gasteiger partial charge in [0, 0.05) is 12.0 Å². The van der Waals surface area contributed by atoms with Crippen molar-refractivity contribution in [3.63, 3.8) is 0 Å². The molecule has 18 heavy (non-hydrogen) atoms. The molecule has 2 aliphatic carbocycles. The van der Waals surface area contributed by atoms with Gasteiger partial charge < -0.3 is 5.11 Å². The Bertz CT molecular complexity index is 447.